The van der Waals surface area contributed by atoms with Crippen LogP contribution in [0.15, 0.2) is 6.07 Å². The monoisotopic (exact) mass is 309 g/mol. The number of carbonyl (C=O) groups excluding carboxylic acids is 1. The topological polar surface area (TPSA) is 67.2 Å². The van der Waals surface area contributed by atoms with Crippen LogP contribution in [-0.4, -0.2) is 18.5 Å². The van der Waals surface area contributed by atoms with Gasteiger partial charge < -0.3 is 16.4 Å². The van der Waals surface area contributed by atoms with Gasteiger partial charge in [0.2, 0.25) is 0 Å². The minimum atomic E-state index is -0.0538. The first-order chi connectivity index (χ1) is 10.1. The maximum absolute atomic E-state index is 12.0. The number of rotatable bonds is 5. The summed E-state index contributed by atoms with van der Waals surface area (Å²) in [5.74, 6) is 0.780. The van der Waals surface area contributed by atoms with Gasteiger partial charge in [0.1, 0.15) is 4.88 Å². The molecule has 2 atom stereocenters. The molecule has 1 aliphatic rings. The Morgan fingerprint density at radius 3 is 2.95 bits per heavy atom. The van der Waals surface area contributed by atoms with Crippen LogP contribution in [0, 0.1) is 5.92 Å². The van der Waals surface area contributed by atoms with Gasteiger partial charge in [-0.1, -0.05) is 26.7 Å². The molecule has 1 aliphatic carbocycles. The van der Waals surface area contributed by atoms with Crippen LogP contribution in [-0.2, 0) is 0 Å². The highest BCUT2D eigenvalue weighted by molar-refractivity contribution is 7.18. The van der Waals surface area contributed by atoms with Crippen LogP contribution in [0.4, 0.5) is 10.7 Å². The summed E-state index contributed by atoms with van der Waals surface area (Å²) in [6.07, 6.45) is 7.24. The first kappa shape index (κ1) is 16.1. The highest BCUT2D eigenvalue weighted by Crippen LogP contribution is 2.32. The molecule has 1 saturated carbocycles. The van der Waals surface area contributed by atoms with Gasteiger partial charge in [0.05, 0.1) is 10.7 Å². The smallest absolute Gasteiger partial charge is 0.263 e. The van der Waals surface area contributed by atoms with Gasteiger partial charge in [-0.2, -0.15) is 0 Å². The number of nitrogen functional groups attached to an aromatic ring is 1. The van der Waals surface area contributed by atoms with E-state index in [2.05, 4.69) is 17.6 Å². The van der Waals surface area contributed by atoms with Crippen molar-refractivity contribution in [1.29, 1.82) is 0 Å². The number of hydrogen-bond acceptors (Lipinski definition) is 4. The zero-order chi connectivity index (χ0) is 15.2. The molecule has 0 aromatic carbocycles. The summed E-state index contributed by atoms with van der Waals surface area (Å²) in [4.78, 5) is 12.7. The molecule has 4 nitrogen and oxygen atoms in total. The van der Waals surface area contributed by atoms with Crippen LogP contribution < -0.4 is 16.4 Å². The molecule has 0 radical (unpaired) electrons. The predicted octanol–water partition coefficient (Wildman–Crippen LogP) is 3.85. The number of carbonyl (C=O) groups is 1. The Balaban J connectivity index is 1.96. The predicted molar refractivity (Wildman–Crippen MR) is 91.0 cm³/mol. The SMILES string of the molecule is CCCNC(=O)c1sc(NC2CCCC(C)CC2)cc1N. The Labute approximate surface area is 131 Å². The van der Waals surface area contributed by atoms with Gasteiger partial charge >= 0.3 is 0 Å². The van der Waals surface area contributed by atoms with Crippen LogP contribution in [0.1, 0.15) is 62.0 Å². The second kappa shape index (κ2) is 7.69. The molecule has 1 fully saturated rings. The summed E-state index contributed by atoms with van der Waals surface area (Å²) in [5, 5.41) is 7.48. The molecule has 118 valence electrons. The molecule has 0 spiro atoms. The highest BCUT2D eigenvalue weighted by atomic mass is 32.1. The molecule has 1 aromatic heterocycles. The van der Waals surface area contributed by atoms with Crippen LogP contribution in [0.25, 0.3) is 0 Å². The van der Waals surface area contributed by atoms with E-state index in [9.17, 15) is 4.79 Å². The Bertz CT molecular complexity index is 472. The summed E-state index contributed by atoms with van der Waals surface area (Å²) in [5.41, 5.74) is 6.56. The number of thiophene rings is 1. The minimum Gasteiger partial charge on any atom is -0.397 e. The van der Waals surface area contributed by atoms with Gasteiger partial charge in [-0.05, 0) is 37.7 Å². The number of anilines is 2. The van der Waals surface area contributed by atoms with Crippen molar-refractivity contribution in [3.63, 3.8) is 0 Å². The molecule has 0 saturated heterocycles. The average molecular weight is 309 g/mol. The average Bonchev–Trinajstić information content (AvgIpc) is 2.69. The number of nitrogens with two attached hydrogens (primary N) is 1. The van der Waals surface area contributed by atoms with E-state index in [1.807, 2.05) is 13.0 Å². The molecular formula is C16H27N3OS. The summed E-state index contributed by atoms with van der Waals surface area (Å²) in [7, 11) is 0. The minimum absolute atomic E-state index is 0.0538. The molecule has 1 amide bonds. The lowest BCUT2D eigenvalue weighted by molar-refractivity contribution is 0.0958. The van der Waals surface area contributed by atoms with E-state index >= 15 is 0 Å². The zero-order valence-corrected chi connectivity index (χ0v) is 13.9. The van der Waals surface area contributed by atoms with E-state index in [1.165, 1.54) is 43.4 Å². The van der Waals surface area contributed by atoms with Crippen molar-refractivity contribution in [3.8, 4) is 0 Å². The van der Waals surface area contributed by atoms with E-state index in [-0.39, 0.29) is 5.91 Å². The quantitative estimate of drug-likeness (QED) is 0.724. The lowest BCUT2D eigenvalue weighted by Crippen LogP contribution is -2.23. The van der Waals surface area contributed by atoms with Crippen molar-refractivity contribution in [3.05, 3.63) is 10.9 Å². The fourth-order valence-corrected chi connectivity index (χ4v) is 3.78. The van der Waals surface area contributed by atoms with Crippen molar-refractivity contribution >= 4 is 27.9 Å². The molecule has 4 N–H and O–H groups in total. The molecular weight excluding hydrogens is 282 g/mol. The van der Waals surface area contributed by atoms with Gasteiger partial charge in [0.15, 0.2) is 0 Å². The largest absolute Gasteiger partial charge is 0.397 e. The molecule has 2 unspecified atom stereocenters. The number of hydrogen-bond donors (Lipinski definition) is 3. The van der Waals surface area contributed by atoms with E-state index in [0.29, 0.717) is 23.2 Å². The Hall–Kier alpha value is -1.23. The van der Waals surface area contributed by atoms with Gasteiger partial charge in [-0.25, -0.2) is 0 Å². The maximum atomic E-state index is 12.0. The van der Waals surface area contributed by atoms with Crippen molar-refractivity contribution in [1.82, 2.24) is 5.32 Å². The molecule has 5 heteroatoms. The van der Waals surface area contributed by atoms with Crippen LogP contribution in [0.5, 0.6) is 0 Å². The number of amides is 1. The Morgan fingerprint density at radius 1 is 1.38 bits per heavy atom. The molecule has 0 aliphatic heterocycles. The van der Waals surface area contributed by atoms with E-state index in [4.69, 9.17) is 5.73 Å². The highest BCUT2D eigenvalue weighted by Gasteiger charge is 2.19. The first-order valence-corrected chi connectivity index (χ1v) is 8.85. The summed E-state index contributed by atoms with van der Waals surface area (Å²) in [6, 6.07) is 2.42. The lowest BCUT2D eigenvalue weighted by atomic mass is 10.0. The van der Waals surface area contributed by atoms with Crippen LogP contribution >= 0.6 is 11.3 Å². The second-order valence-corrected chi connectivity index (χ2v) is 7.16. The molecule has 1 heterocycles. The van der Waals surface area contributed by atoms with E-state index < -0.39 is 0 Å². The number of nitrogens with one attached hydrogen (secondary N) is 2. The summed E-state index contributed by atoms with van der Waals surface area (Å²) < 4.78 is 0. The van der Waals surface area contributed by atoms with Crippen LogP contribution in [0.3, 0.4) is 0 Å². The van der Waals surface area contributed by atoms with Gasteiger partial charge in [0.25, 0.3) is 5.91 Å². The maximum Gasteiger partial charge on any atom is 0.263 e. The van der Waals surface area contributed by atoms with Crippen LogP contribution in [0.2, 0.25) is 0 Å². The van der Waals surface area contributed by atoms with Crippen molar-refractivity contribution in [2.24, 2.45) is 5.92 Å². The summed E-state index contributed by atoms with van der Waals surface area (Å²) >= 11 is 1.47. The van der Waals surface area contributed by atoms with Gasteiger partial charge in [-0.15, -0.1) is 11.3 Å². The third-order valence-corrected chi connectivity index (χ3v) is 5.19. The third-order valence-electron chi connectivity index (χ3n) is 4.11. The zero-order valence-electron chi connectivity index (χ0n) is 13.1. The van der Waals surface area contributed by atoms with Crippen molar-refractivity contribution in [2.75, 3.05) is 17.6 Å². The fourth-order valence-electron chi connectivity index (χ4n) is 2.81. The first-order valence-electron chi connectivity index (χ1n) is 8.04. The molecule has 0 bridgehead atoms. The molecule has 21 heavy (non-hydrogen) atoms. The standard InChI is InChI=1S/C16H27N3OS/c1-3-9-18-16(20)15-13(17)10-14(21-15)19-12-6-4-5-11(2)7-8-12/h10-12,19H,3-9,17H2,1-2H3,(H,18,20). The Morgan fingerprint density at radius 2 is 2.19 bits per heavy atom. The van der Waals surface area contributed by atoms with Crippen molar-refractivity contribution in [2.45, 2.75) is 58.4 Å². The molecule has 1 aromatic rings. The fraction of sp³-hybridized carbons (Fsp3) is 0.688. The normalized spacial score (nSPS) is 22.6. The van der Waals surface area contributed by atoms with Gasteiger partial charge in [0, 0.05) is 12.6 Å². The second-order valence-electron chi connectivity index (χ2n) is 6.11. The van der Waals surface area contributed by atoms with Crippen molar-refractivity contribution < 1.29 is 4.79 Å². The lowest BCUT2D eigenvalue weighted by Gasteiger charge is -2.16. The van der Waals surface area contributed by atoms with E-state index in [0.717, 1.165) is 17.3 Å². The Kier molecular flexibility index (Phi) is 5.91. The third kappa shape index (κ3) is 4.63. The molecule has 2 rings (SSSR count). The summed E-state index contributed by atoms with van der Waals surface area (Å²) in [6.45, 7) is 5.07. The van der Waals surface area contributed by atoms with Gasteiger partial charge in [-0.3, -0.25) is 4.79 Å². The van der Waals surface area contributed by atoms with E-state index in [1.54, 1.807) is 0 Å².